The summed E-state index contributed by atoms with van der Waals surface area (Å²) in [5.41, 5.74) is 3.29. The Morgan fingerprint density at radius 1 is 1.04 bits per heavy atom. The average molecular weight is 370 g/mol. The zero-order chi connectivity index (χ0) is 19.6. The van der Waals surface area contributed by atoms with Crippen LogP contribution in [0.4, 0.5) is 0 Å². The van der Waals surface area contributed by atoms with Gasteiger partial charge in [0.15, 0.2) is 0 Å². The van der Waals surface area contributed by atoms with Crippen molar-refractivity contribution in [3.05, 3.63) is 65.2 Å². The van der Waals surface area contributed by atoms with E-state index < -0.39 is 5.97 Å². The van der Waals surface area contributed by atoms with Gasteiger partial charge in [0.05, 0.1) is 12.8 Å². The van der Waals surface area contributed by atoms with Crippen molar-refractivity contribution in [3.63, 3.8) is 0 Å². The van der Waals surface area contributed by atoms with Crippen molar-refractivity contribution >= 4 is 17.6 Å². The van der Waals surface area contributed by atoms with E-state index in [0.717, 1.165) is 16.7 Å². The Morgan fingerprint density at radius 2 is 1.78 bits per heavy atom. The molecule has 2 aromatic rings. The summed E-state index contributed by atoms with van der Waals surface area (Å²) < 4.78 is 10.2. The number of carbonyl (C=O) groups excluding carboxylic acids is 1. The number of oxime groups is 2. The van der Waals surface area contributed by atoms with Gasteiger partial charge in [0.25, 0.3) is 0 Å². The summed E-state index contributed by atoms with van der Waals surface area (Å²) in [4.78, 5) is 21.8. The number of ether oxygens (including phenoxy) is 2. The van der Waals surface area contributed by atoms with Crippen molar-refractivity contribution in [2.75, 3.05) is 14.2 Å². The van der Waals surface area contributed by atoms with Gasteiger partial charge in [0, 0.05) is 5.56 Å². The normalized spacial score (nSPS) is 11.7. The standard InChI is InChI=1S/C20H22N2O5/c1-14-10-11-17(12-18(14)27-19(22-25-4)20(23)24-3)15(2)21-26-13-16-8-6-5-7-9-16/h5-12H,13H2,1-4H3. The molecule has 27 heavy (non-hydrogen) atoms. The highest BCUT2D eigenvalue weighted by atomic mass is 16.7. The van der Waals surface area contributed by atoms with Crippen LogP contribution in [-0.4, -0.2) is 31.8 Å². The minimum Gasteiger partial charge on any atom is -0.462 e. The van der Waals surface area contributed by atoms with E-state index in [4.69, 9.17) is 9.57 Å². The van der Waals surface area contributed by atoms with Crippen LogP contribution >= 0.6 is 0 Å². The van der Waals surface area contributed by atoms with Crippen LogP contribution in [0.15, 0.2) is 58.8 Å². The highest BCUT2D eigenvalue weighted by Gasteiger charge is 2.17. The molecule has 7 heteroatoms. The van der Waals surface area contributed by atoms with E-state index in [2.05, 4.69) is 19.9 Å². The number of esters is 1. The molecule has 0 N–H and O–H groups in total. The van der Waals surface area contributed by atoms with Crippen molar-refractivity contribution in [2.45, 2.75) is 20.5 Å². The molecule has 0 saturated heterocycles. The van der Waals surface area contributed by atoms with Gasteiger partial charge in [-0.05, 0) is 36.2 Å². The van der Waals surface area contributed by atoms with Crippen molar-refractivity contribution < 1.29 is 23.9 Å². The van der Waals surface area contributed by atoms with E-state index >= 15 is 0 Å². The number of rotatable bonds is 6. The fourth-order valence-corrected chi connectivity index (χ4v) is 2.14. The molecule has 7 nitrogen and oxygen atoms in total. The van der Waals surface area contributed by atoms with Gasteiger partial charge in [0.1, 0.15) is 19.5 Å². The molecule has 0 radical (unpaired) electrons. The molecule has 0 aliphatic heterocycles. The fraction of sp³-hybridized carbons (Fsp3) is 0.250. The molecule has 0 bridgehead atoms. The Bertz CT molecular complexity index is 832. The third kappa shape index (κ3) is 5.85. The van der Waals surface area contributed by atoms with Crippen LogP contribution < -0.4 is 4.74 Å². The quantitative estimate of drug-likeness (QED) is 0.337. The summed E-state index contributed by atoms with van der Waals surface area (Å²) in [6, 6.07) is 15.2. The second-order valence-electron chi connectivity index (χ2n) is 5.59. The lowest BCUT2D eigenvalue weighted by molar-refractivity contribution is -0.134. The van der Waals surface area contributed by atoms with Gasteiger partial charge in [-0.2, -0.15) is 0 Å². The molecule has 0 aliphatic rings. The van der Waals surface area contributed by atoms with Crippen LogP contribution in [0.25, 0.3) is 0 Å². The van der Waals surface area contributed by atoms with Crippen LogP contribution in [0, 0.1) is 6.92 Å². The van der Waals surface area contributed by atoms with Crippen molar-refractivity contribution in [2.24, 2.45) is 10.3 Å². The maximum Gasteiger partial charge on any atom is 0.397 e. The average Bonchev–Trinajstić information content (AvgIpc) is 2.69. The smallest absolute Gasteiger partial charge is 0.397 e. The zero-order valence-corrected chi connectivity index (χ0v) is 15.8. The van der Waals surface area contributed by atoms with Gasteiger partial charge in [0.2, 0.25) is 0 Å². The van der Waals surface area contributed by atoms with Crippen LogP contribution in [0.5, 0.6) is 5.75 Å². The fourth-order valence-electron chi connectivity index (χ4n) is 2.14. The first kappa shape index (κ1) is 20.0. The Balaban J connectivity index is 2.14. The van der Waals surface area contributed by atoms with Crippen LogP contribution in [0.2, 0.25) is 0 Å². The second-order valence-corrected chi connectivity index (χ2v) is 5.59. The molecule has 0 atom stereocenters. The largest absolute Gasteiger partial charge is 0.462 e. The van der Waals surface area contributed by atoms with Crippen LogP contribution in [-0.2, 0) is 25.8 Å². The molecule has 2 aromatic carbocycles. The van der Waals surface area contributed by atoms with Crippen molar-refractivity contribution in [1.82, 2.24) is 0 Å². The third-order valence-corrected chi connectivity index (χ3v) is 3.62. The Labute approximate surface area is 158 Å². The van der Waals surface area contributed by atoms with Gasteiger partial charge in [-0.1, -0.05) is 47.6 Å². The predicted molar refractivity (Wildman–Crippen MR) is 102 cm³/mol. The minimum absolute atomic E-state index is 0.296. The van der Waals surface area contributed by atoms with E-state index in [1.165, 1.54) is 14.2 Å². The third-order valence-electron chi connectivity index (χ3n) is 3.62. The number of aryl methyl sites for hydroxylation is 1. The summed E-state index contributed by atoms with van der Waals surface area (Å²) in [6.45, 7) is 4.05. The number of carbonyl (C=O) groups is 1. The number of benzene rings is 2. The molecule has 0 fully saturated rings. The Hall–Kier alpha value is -3.35. The highest BCUT2D eigenvalue weighted by Crippen LogP contribution is 2.21. The Morgan fingerprint density at radius 3 is 2.44 bits per heavy atom. The van der Waals surface area contributed by atoms with E-state index in [9.17, 15) is 4.79 Å². The van der Waals surface area contributed by atoms with Crippen molar-refractivity contribution in [3.8, 4) is 5.75 Å². The van der Waals surface area contributed by atoms with Crippen LogP contribution in [0.1, 0.15) is 23.6 Å². The molecule has 0 aliphatic carbocycles. The molecule has 0 saturated carbocycles. The Kier molecular flexibility index (Phi) is 7.37. The maximum atomic E-state index is 11.7. The molecule has 142 valence electrons. The molecule has 0 spiro atoms. The first-order valence-corrected chi connectivity index (χ1v) is 8.24. The van der Waals surface area contributed by atoms with E-state index in [0.29, 0.717) is 18.1 Å². The molecule has 0 unspecified atom stereocenters. The summed E-state index contributed by atoms with van der Waals surface area (Å²) in [5, 5.41) is 7.70. The first-order chi connectivity index (χ1) is 13.0. The molecule has 0 heterocycles. The number of hydrogen-bond acceptors (Lipinski definition) is 7. The van der Waals surface area contributed by atoms with E-state index in [1.807, 2.05) is 56.3 Å². The maximum absolute atomic E-state index is 11.7. The van der Waals surface area contributed by atoms with E-state index in [-0.39, 0.29) is 5.90 Å². The van der Waals surface area contributed by atoms with Gasteiger partial charge in [-0.3, -0.25) is 0 Å². The summed E-state index contributed by atoms with van der Waals surface area (Å²) >= 11 is 0. The highest BCUT2D eigenvalue weighted by molar-refractivity contribution is 6.33. The number of nitrogens with zero attached hydrogens (tertiary/aromatic N) is 2. The van der Waals surface area contributed by atoms with Gasteiger partial charge in [-0.25, -0.2) is 4.79 Å². The minimum atomic E-state index is -0.738. The van der Waals surface area contributed by atoms with Crippen molar-refractivity contribution in [1.29, 1.82) is 0 Å². The lowest BCUT2D eigenvalue weighted by atomic mass is 10.1. The van der Waals surface area contributed by atoms with Gasteiger partial charge >= 0.3 is 11.9 Å². The number of methoxy groups -OCH3 is 1. The van der Waals surface area contributed by atoms with E-state index in [1.54, 1.807) is 6.07 Å². The number of hydrogen-bond donors (Lipinski definition) is 0. The summed E-state index contributed by atoms with van der Waals surface area (Å²) in [5.74, 6) is -0.597. The molecular weight excluding hydrogens is 348 g/mol. The van der Waals surface area contributed by atoms with Gasteiger partial charge in [-0.15, -0.1) is 0 Å². The summed E-state index contributed by atoms with van der Waals surface area (Å²) in [6.07, 6.45) is 0. The monoisotopic (exact) mass is 370 g/mol. The summed E-state index contributed by atoms with van der Waals surface area (Å²) in [7, 11) is 2.55. The lowest BCUT2D eigenvalue weighted by Crippen LogP contribution is -2.23. The molecule has 0 aromatic heterocycles. The van der Waals surface area contributed by atoms with Gasteiger partial charge < -0.3 is 19.1 Å². The first-order valence-electron chi connectivity index (χ1n) is 8.24. The zero-order valence-electron chi connectivity index (χ0n) is 15.8. The second kappa shape index (κ2) is 9.96. The topological polar surface area (TPSA) is 78.7 Å². The SMILES string of the molecule is CON=C(Oc1cc(C(C)=NOCc2ccccc2)ccc1C)C(=O)OC. The lowest BCUT2D eigenvalue weighted by Gasteiger charge is -2.11. The molecule has 2 rings (SSSR count). The van der Waals surface area contributed by atoms with Crippen LogP contribution in [0.3, 0.4) is 0 Å². The predicted octanol–water partition coefficient (Wildman–Crippen LogP) is 3.45. The molecular formula is C20H22N2O5. The molecule has 0 amide bonds.